The SMILES string of the molecule is COc1ccc(C(CC#N)NC(C)=O)cc1OC. The minimum atomic E-state index is -0.340. The highest BCUT2D eigenvalue weighted by Gasteiger charge is 2.15. The van der Waals surface area contributed by atoms with Crippen LogP contribution < -0.4 is 14.8 Å². The van der Waals surface area contributed by atoms with Gasteiger partial charge in [-0.2, -0.15) is 5.26 Å². The molecule has 96 valence electrons. The monoisotopic (exact) mass is 248 g/mol. The standard InChI is InChI=1S/C13H16N2O3/c1-9(16)15-11(6-7-14)10-4-5-12(17-2)13(8-10)18-3/h4-5,8,11H,6H2,1-3H3,(H,15,16). The van der Waals surface area contributed by atoms with Crippen LogP contribution in [0.15, 0.2) is 18.2 Å². The van der Waals surface area contributed by atoms with Gasteiger partial charge >= 0.3 is 0 Å². The molecule has 0 bridgehead atoms. The molecule has 0 aliphatic rings. The van der Waals surface area contributed by atoms with Gasteiger partial charge in [-0.05, 0) is 17.7 Å². The number of benzene rings is 1. The fourth-order valence-corrected chi connectivity index (χ4v) is 1.66. The summed E-state index contributed by atoms with van der Waals surface area (Å²) in [6, 6.07) is 7.03. The van der Waals surface area contributed by atoms with E-state index < -0.39 is 0 Å². The van der Waals surface area contributed by atoms with Crippen LogP contribution in [-0.4, -0.2) is 20.1 Å². The fourth-order valence-electron chi connectivity index (χ4n) is 1.66. The molecule has 0 saturated heterocycles. The van der Waals surface area contributed by atoms with Crippen molar-refractivity contribution >= 4 is 5.91 Å². The van der Waals surface area contributed by atoms with E-state index in [1.165, 1.54) is 6.92 Å². The first-order chi connectivity index (χ1) is 8.62. The molecule has 0 radical (unpaired) electrons. The van der Waals surface area contributed by atoms with Gasteiger partial charge in [-0.1, -0.05) is 6.07 Å². The summed E-state index contributed by atoms with van der Waals surface area (Å²) in [5, 5.41) is 11.5. The molecule has 0 saturated carbocycles. The van der Waals surface area contributed by atoms with Crippen molar-refractivity contribution in [1.29, 1.82) is 5.26 Å². The number of ether oxygens (including phenoxy) is 2. The van der Waals surface area contributed by atoms with E-state index in [1.54, 1.807) is 32.4 Å². The molecular weight excluding hydrogens is 232 g/mol. The van der Waals surface area contributed by atoms with Gasteiger partial charge in [0, 0.05) is 6.92 Å². The van der Waals surface area contributed by atoms with Gasteiger partial charge < -0.3 is 14.8 Å². The summed E-state index contributed by atoms with van der Waals surface area (Å²) < 4.78 is 10.3. The number of carbonyl (C=O) groups is 1. The molecule has 0 heterocycles. The third-order valence-corrected chi connectivity index (χ3v) is 2.48. The van der Waals surface area contributed by atoms with Crippen LogP contribution in [0, 0.1) is 11.3 Å². The number of nitriles is 1. The maximum Gasteiger partial charge on any atom is 0.217 e. The molecule has 0 aliphatic heterocycles. The first-order valence-electron chi connectivity index (χ1n) is 5.48. The van der Waals surface area contributed by atoms with E-state index in [2.05, 4.69) is 11.4 Å². The minimum absolute atomic E-state index is 0.176. The molecule has 0 fully saturated rings. The molecular formula is C13H16N2O3. The molecule has 1 aromatic rings. The molecule has 1 unspecified atom stereocenters. The largest absolute Gasteiger partial charge is 0.493 e. The zero-order valence-corrected chi connectivity index (χ0v) is 10.7. The quantitative estimate of drug-likeness (QED) is 0.862. The molecule has 5 heteroatoms. The number of nitrogens with one attached hydrogen (secondary N) is 1. The predicted octanol–water partition coefficient (Wildman–Crippen LogP) is 1.79. The maximum absolute atomic E-state index is 11.1. The summed E-state index contributed by atoms with van der Waals surface area (Å²) in [5.41, 5.74) is 0.810. The normalized spacial score (nSPS) is 11.2. The molecule has 18 heavy (non-hydrogen) atoms. The second kappa shape index (κ2) is 6.50. The number of hydrogen-bond donors (Lipinski definition) is 1. The highest BCUT2D eigenvalue weighted by atomic mass is 16.5. The Morgan fingerprint density at radius 1 is 1.39 bits per heavy atom. The van der Waals surface area contributed by atoms with E-state index in [4.69, 9.17) is 14.7 Å². The van der Waals surface area contributed by atoms with Gasteiger partial charge in [-0.15, -0.1) is 0 Å². The summed E-state index contributed by atoms with van der Waals surface area (Å²) in [5.74, 6) is 1.01. The molecule has 0 aromatic heterocycles. The van der Waals surface area contributed by atoms with Crippen LogP contribution >= 0.6 is 0 Å². The van der Waals surface area contributed by atoms with Crippen molar-refractivity contribution in [2.45, 2.75) is 19.4 Å². The van der Waals surface area contributed by atoms with Crippen LogP contribution in [0.1, 0.15) is 24.9 Å². The van der Waals surface area contributed by atoms with Crippen LogP contribution in [0.2, 0.25) is 0 Å². The van der Waals surface area contributed by atoms with E-state index in [9.17, 15) is 4.79 Å². The van der Waals surface area contributed by atoms with Crippen molar-refractivity contribution in [3.05, 3.63) is 23.8 Å². The molecule has 1 atom stereocenters. The smallest absolute Gasteiger partial charge is 0.217 e. The number of rotatable bonds is 5. The van der Waals surface area contributed by atoms with Crippen molar-refractivity contribution in [3.8, 4) is 17.6 Å². The van der Waals surface area contributed by atoms with Crippen LogP contribution in [-0.2, 0) is 4.79 Å². The molecule has 0 aliphatic carbocycles. The third-order valence-electron chi connectivity index (χ3n) is 2.48. The van der Waals surface area contributed by atoms with Crippen molar-refractivity contribution in [2.24, 2.45) is 0 Å². The first kappa shape index (κ1) is 13.8. The molecule has 1 amide bonds. The molecule has 1 N–H and O–H groups in total. The summed E-state index contributed by atoms with van der Waals surface area (Å²) in [4.78, 5) is 11.1. The lowest BCUT2D eigenvalue weighted by Crippen LogP contribution is -2.25. The number of carbonyl (C=O) groups excluding carboxylic acids is 1. The Bertz CT molecular complexity index is 466. The van der Waals surface area contributed by atoms with Crippen molar-refractivity contribution in [1.82, 2.24) is 5.32 Å². The Hall–Kier alpha value is -2.22. The summed E-state index contributed by atoms with van der Waals surface area (Å²) in [6.07, 6.45) is 0.203. The Kier molecular flexibility index (Phi) is 5.00. The zero-order valence-electron chi connectivity index (χ0n) is 10.7. The highest BCUT2D eigenvalue weighted by Crippen LogP contribution is 2.30. The first-order valence-corrected chi connectivity index (χ1v) is 5.48. The molecule has 1 aromatic carbocycles. The lowest BCUT2D eigenvalue weighted by Gasteiger charge is -2.17. The van der Waals surface area contributed by atoms with Crippen molar-refractivity contribution in [3.63, 3.8) is 0 Å². The van der Waals surface area contributed by atoms with Gasteiger partial charge in [0.15, 0.2) is 11.5 Å². The van der Waals surface area contributed by atoms with Crippen LogP contribution in [0.5, 0.6) is 11.5 Å². The second-order valence-electron chi connectivity index (χ2n) is 3.73. The molecule has 1 rings (SSSR count). The highest BCUT2D eigenvalue weighted by molar-refractivity contribution is 5.73. The Morgan fingerprint density at radius 2 is 2.06 bits per heavy atom. The van der Waals surface area contributed by atoms with Crippen LogP contribution in [0.4, 0.5) is 0 Å². The second-order valence-corrected chi connectivity index (χ2v) is 3.73. The lowest BCUT2D eigenvalue weighted by molar-refractivity contribution is -0.119. The third kappa shape index (κ3) is 3.39. The Morgan fingerprint density at radius 3 is 2.56 bits per heavy atom. The lowest BCUT2D eigenvalue weighted by atomic mass is 10.0. The molecule has 5 nitrogen and oxygen atoms in total. The van der Waals surface area contributed by atoms with Gasteiger partial charge in [0.05, 0.1) is 32.8 Å². The van der Waals surface area contributed by atoms with Gasteiger partial charge in [0.2, 0.25) is 5.91 Å². The number of hydrogen-bond acceptors (Lipinski definition) is 4. The number of amides is 1. The van der Waals surface area contributed by atoms with Crippen molar-refractivity contribution in [2.75, 3.05) is 14.2 Å². The number of methoxy groups -OCH3 is 2. The minimum Gasteiger partial charge on any atom is -0.493 e. The van der Waals surface area contributed by atoms with E-state index in [0.29, 0.717) is 11.5 Å². The summed E-state index contributed by atoms with van der Waals surface area (Å²) >= 11 is 0. The van der Waals surface area contributed by atoms with Gasteiger partial charge in [-0.3, -0.25) is 4.79 Å². The molecule has 0 spiro atoms. The van der Waals surface area contributed by atoms with Gasteiger partial charge in [0.1, 0.15) is 0 Å². The zero-order chi connectivity index (χ0) is 13.5. The van der Waals surface area contributed by atoms with Crippen molar-refractivity contribution < 1.29 is 14.3 Å². The van der Waals surface area contributed by atoms with Gasteiger partial charge in [0.25, 0.3) is 0 Å². The Labute approximate surface area is 106 Å². The van der Waals surface area contributed by atoms with E-state index in [-0.39, 0.29) is 18.4 Å². The summed E-state index contributed by atoms with van der Waals surface area (Å²) in [6.45, 7) is 1.42. The van der Waals surface area contributed by atoms with E-state index in [1.807, 2.05) is 0 Å². The van der Waals surface area contributed by atoms with Gasteiger partial charge in [-0.25, -0.2) is 0 Å². The Balaban J connectivity index is 3.05. The summed E-state index contributed by atoms with van der Waals surface area (Å²) in [7, 11) is 3.09. The van der Waals surface area contributed by atoms with E-state index in [0.717, 1.165) is 5.56 Å². The maximum atomic E-state index is 11.1. The average Bonchev–Trinajstić information content (AvgIpc) is 2.37. The average molecular weight is 248 g/mol. The predicted molar refractivity (Wildman–Crippen MR) is 66.3 cm³/mol. The van der Waals surface area contributed by atoms with Crippen LogP contribution in [0.3, 0.4) is 0 Å². The van der Waals surface area contributed by atoms with E-state index >= 15 is 0 Å². The number of nitrogens with zero attached hydrogens (tertiary/aromatic N) is 1. The topological polar surface area (TPSA) is 71.3 Å². The van der Waals surface area contributed by atoms with Crippen LogP contribution in [0.25, 0.3) is 0 Å². The fraction of sp³-hybridized carbons (Fsp3) is 0.385.